The third kappa shape index (κ3) is 4.13. The molecule has 0 atom stereocenters. The number of primary sulfonamides is 1. The Morgan fingerprint density at radius 3 is 2.25 bits per heavy atom. The van der Waals surface area contributed by atoms with E-state index in [1.807, 2.05) is 30.3 Å². The molecule has 2 aromatic carbocycles. The topological polar surface area (TPSA) is 60.2 Å². The zero-order valence-corrected chi connectivity index (χ0v) is 14.5. The Morgan fingerprint density at radius 2 is 1.58 bits per heavy atom. The number of nitrogens with two attached hydrogens (primary N) is 1. The molecule has 1 saturated carbocycles. The second kappa shape index (κ2) is 7.32. The van der Waals surface area contributed by atoms with Gasteiger partial charge in [-0.15, -0.1) is 0 Å². The average Bonchev–Trinajstić information content (AvgIpc) is 2.61. The summed E-state index contributed by atoms with van der Waals surface area (Å²) in [5.41, 5.74) is 2.63. The van der Waals surface area contributed by atoms with Gasteiger partial charge in [0.05, 0.1) is 4.90 Å². The average molecular weight is 341 g/mol. The lowest BCUT2D eigenvalue weighted by molar-refractivity contribution is 0.420. The molecule has 2 aromatic rings. The summed E-state index contributed by atoms with van der Waals surface area (Å²) >= 11 is 0. The van der Waals surface area contributed by atoms with Crippen molar-refractivity contribution in [2.45, 2.75) is 37.0 Å². The number of benzene rings is 2. The molecule has 0 unspecified atom stereocenters. The smallest absolute Gasteiger partial charge is 0.225 e. The van der Waals surface area contributed by atoms with E-state index in [1.54, 1.807) is 18.2 Å². The molecule has 0 amide bonds. The highest BCUT2D eigenvalue weighted by atomic mass is 32.2. The Kier molecular flexibility index (Phi) is 5.17. The van der Waals surface area contributed by atoms with E-state index in [0.717, 1.165) is 11.1 Å². The Bertz CT molecular complexity index is 817. The van der Waals surface area contributed by atoms with Gasteiger partial charge in [0.15, 0.2) is 0 Å². The van der Waals surface area contributed by atoms with E-state index in [-0.39, 0.29) is 4.90 Å². The van der Waals surface area contributed by atoms with Crippen LogP contribution in [0.1, 0.15) is 37.7 Å². The van der Waals surface area contributed by atoms with Crippen LogP contribution in [0.5, 0.6) is 0 Å². The highest BCUT2D eigenvalue weighted by Crippen LogP contribution is 2.28. The molecule has 1 fully saturated rings. The van der Waals surface area contributed by atoms with Crippen molar-refractivity contribution in [3.63, 3.8) is 0 Å². The van der Waals surface area contributed by atoms with Gasteiger partial charge in [-0.1, -0.05) is 73.9 Å². The first-order valence-electron chi connectivity index (χ1n) is 8.44. The largest absolute Gasteiger partial charge is 0.238 e. The third-order valence-electron chi connectivity index (χ3n) is 4.63. The van der Waals surface area contributed by atoms with Crippen molar-refractivity contribution in [1.29, 1.82) is 0 Å². The minimum Gasteiger partial charge on any atom is -0.225 e. The first-order chi connectivity index (χ1) is 11.5. The molecule has 3 rings (SSSR count). The van der Waals surface area contributed by atoms with Crippen LogP contribution in [-0.4, -0.2) is 8.42 Å². The Labute approximate surface area is 144 Å². The van der Waals surface area contributed by atoms with E-state index in [2.05, 4.69) is 12.2 Å². The highest BCUT2D eigenvalue weighted by Gasteiger charge is 2.14. The Hall–Kier alpha value is -1.91. The summed E-state index contributed by atoms with van der Waals surface area (Å²) < 4.78 is 23.5. The van der Waals surface area contributed by atoms with Crippen LogP contribution in [0, 0.1) is 5.92 Å². The molecular weight excluding hydrogens is 318 g/mol. The molecule has 4 heteroatoms. The van der Waals surface area contributed by atoms with E-state index in [1.165, 1.54) is 32.1 Å². The maximum Gasteiger partial charge on any atom is 0.238 e. The molecule has 0 aromatic heterocycles. The first-order valence-corrected chi connectivity index (χ1v) is 9.99. The van der Waals surface area contributed by atoms with Gasteiger partial charge in [-0.05, 0) is 36.0 Å². The molecule has 0 aliphatic heterocycles. The van der Waals surface area contributed by atoms with Crippen molar-refractivity contribution in [3.8, 4) is 11.1 Å². The standard InChI is InChI=1S/C20H23NO2S/c21-24(22,23)20-9-5-4-8-19(20)18-14-12-17(13-15-18)11-10-16-6-2-1-3-7-16/h4-5,8-16H,1-3,6-7H2,(H2,21,22,23)/b11-10+. The van der Waals surface area contributed by atoms with Crippen molar-refractivity contribution < 1.29 is 8.42 Å². The number of hydrogen-bond donors (Lipinski definition) is 1. The summed E-state index contributed by atoms with van der Waals surface area (Å²) in [4.78, 5) is 0.162. The van der Waals surface area contributed by atoms with Crippen LogP contribution in [0.4, 0.5) is 0 Å². The predicted octanol–water partition coefficient (Wildman–Crippen LogP) is 4.59. The van der Waals surface area contributed by atoms with Crippen LogP contribution in [0.15, 0.2) is 59.5 Å². The van der Waals surface area contributed by atoms with Gasteiger partial charge < -0.3 is 0 Å². The van der Waals surface area contributed by atoms with E-state index in [4.69, 9.17) is 5.14 Å². The summed E-state index contributed by atoms with van der Waals surface area (Å²) in [6, 6.07) is 14.8. The van der Waals surface area contributed by atoms with E-state index in [9.17, 15) is 8.42 Å². The lowest BCUT2D eigenvalue weighted by atomic mass is 9.89. The molecule has 2 N–H and O–H groups in total. The van der Waals surface area contributed by atoms with Gasteiger partial charge in [0.2, 0.25) is 10.0 Å². The Balaban J connectivity index is 1.81. The summed E-state index contributed by atoms with van der Waals surface area (Å²) in [6.45, 7) is 0. The maximum atomic E-state index is 11.7. The second-order valence-electron chi connectivity index (χ2n) is 6.42. The van der Waals surface area contributed by atoms with Crippen LogP contribution in [-0.2, 0) is 10.0 Å². The molecule has 0 spiro atoms. The fourth-order valence-electron chi connectivity index (χ4n) is 3.30. The third-order valence-corrected chi connectivity index (χ3v) is 5.59. The molecule has 3 nitrogen and oxygen atoms in total. The van der Waals surface area contributed by atoms with Gasteiger partial charge in [-0.2, -0.15) is 0 Å². The number of hydrogen-bond acceptors (Lipinski definition) is 2. The monoisotopic (exact) mass is 341 g/mol. The summed E-state index contributed by atoms with van der Waals surface area (Å²) in [5, 5.41) is 5.32. The van der Waals surface area contributed by atoms with Gasteiger partial charge in [-0.25, -0.2) is 13.6 Å². The zero-order valence-electron chi connectivity index (χ0n) is 13.7. The van der Waals surface area contributed by atoms with Crippen LogP contribution < -0.4 is 5.14 Å². The number of rotatable bonds is 4. The fourth-order valence-corrected chi connectivity index (χ4v) is 4.06. The van der Waals surface area contributed by atoms with Gasteiger partial charge in [0.1, 0.15) is 0 Å². The minimum absolute atomic E-state index is 0.162. The quantitative estimate of drug-likeness (QED) is 0.884. The van der Waals surface area contributed by atoms with Crippen molar-refractivity contribution in [3.05, 3.63) is 60.2 Å². The summed E-state index contributed by atoms with van der Waals surface area (Å²) in [5.74, 6) is 0.696. The Morgan fingerprint density at radius 1 is 0.917 bits per heavy atom. The van der Waals surface area contributed by atoms with Gasteiger partial charge >= 0.3 is 0 Å². The highest BCUT2D eigenvalue weighted by molar-refractivity contribution is 7.89. The number of allylic oxidation sites excluding steroid dienone is 1. The van der Waals surface area contributed by atoms with E-state index in [0.29, 0.717) is 11.5 Å². The normalized spacial score (nSPS) is 16.5. The fraction of sp³-hybridized carbons (Fsp3) is 0.300. The molecule has 0 radical (unpaired) electrons. The van der Waals surface area contributed by atoms with E-state index >= 15 is 0 Å². The molecule has 1 aliphatic carbocycles. The van der Waals surface area contributed by atoms with Crippen LogP contribution >= 0.6 is 0 Å². The molecule has 1 aliphatic rings. The van der Waals surface area contributed by atoms with Crippen molar-refractivity contribution in [1.82, 2.24) is 0 Å². The first kappa shape index (κ1) is 16.9. The predicted molar refractivity (Wildman–Crippen MR) is 98.9 cm³/mol. The molecule has 126 valence electrons. The van der Waals surface area contributed by atoms with E-state index < -0.39 is 10.0 Å². The SMILES string of the molecule is NS(=O)(=O)c1ccccc1-c1ccc(/C=C/C2CCCCC2)cc1. The minimum atomic E-state index is -3.73. The molecule has 0 heterocycles. The van der Waals surface area contributed by atoms with Gasteiger partial charge in [-0.3, -0.25) is 0 Å². The van der Waals surface area contributed by atoms with Crippen LogP contribution in [0.2, 0.25) is 0 Å². The number of sulfonamides is 1. The second-order valence-corrected chi connectivity index (χ2v) is 7.95. The summed E-state index contributed by atoms with van der Waals surface area (Å²) in [7, 11) is -3.73. The molecule has 0 bridgehead atoms. The van der Waals surface area contributed by atoms with Crippen molar-refractivity contribution in [2.24, 2.45) is 11.1 Å². The molecular formula is C20H23NO2S. The van der Waals surface area contributed by atoms with Gasteiger partial charge in [0, 0.05) is 5.56 Å². The maximum absolute atomic E-state index is 11.7. The van der Waals surface area contributed by atoms with Crippen LogP contribution in [0.25, 0.3) is 17.2 Å². The van der Waals surface area contributed by atoms with Crippen LogP contribution in [0.3, 0.4) is 0 Å². The molecule has 24 heavy (non-hydrogen) atoms. The lowest BCUT2D eigenvalue weighted by Crippen LogP contribution is -2.13. The van der Waals surface area contributed by atoms with Crippen molar-refractivity contribution in [2.75, 3.05) is 0 Å². The van der Waals surface area contributed by atoms with Gasteiger partial charge in [0.25, 0.3) is 0 Å². The zero-order chi connectivity index (χ0) is 17.0. The summed E-state index contributed by atoms with van der Waals surface area (Å²) in [6.07, 6.45) is 11.1. The molecule has 0 saturated heterocycles. The lowest BCUT2D eigenvalue weighted by Gasteiger charge is -2.17. The van der Waals surface area contributed by atoms with Crippen molar-refractivity contribution >= 4 is 16.1 Å².